The van der Waals surface area contributed by atoms with Crippen molar-refractivity contribution in [2.75, 3.05) is 46.4 Å². The Hall–Kier alpha value is -0.430. The lowest BCUT2D eigenvalue weighted by Crippen LogP contribution is -2.45. The second-order valence-electron chi connectivity index (χ2n) is 6.81. The van der Waals surface area contributed by atoms with Gasteiger partial charge in [0.15, 0.2) is 5.96 Å². The van der Waals surface area contributed by atoms with E-state index in [1.165, 1.54) is 28.5 Å². The lowest BCUT2D eigenvalue weighted by atomic mass is 10.00. The van der Waals surface area contributed by atoms with Gasteiger partial charge in [-0.05, 0) is 30.9 Å². The van der Waals surface area contributed by atoms with E-state index in [0.29, 0.717) is 37.1 Å². The second kappa shape index (κ2) is 10.4. The van der Waals surface area contributed by atoms with E-state index < -0.39 is 10.0 Å². The molecule has 7 nitrogen and oxygen atoms in total. The number of thiophene rings is 1. The van der Waals surface area contributed by atoms with E-state index in [4.69, 9.17) is 4.74 Å². The van der Waals surface area contributed by atoms with Gasteiger partial charge in [0, 0.05) is 38.1 Å². The summed E-state index contributed by atoms with van der Waals surface area (Å²) in [6, 6.07) is 3.59. The monoisotopic (exact) mass is 528 g/mol. The zero-order valence-corrected chi connectivity index (χ0v) is 19.9. The van der Waals surface area contributed by atoms with Crippen LogP contribution in [0, 0.1) is 5.92 Å². The van der Waals surface area contributed by atoms with Gasteiger partial charge >= 0.3 is 0 Å². The van der Waals surface area contributed by atoms with Crippen molar-refractivity contribution in [3.63, 3.8) is 0 Å². The van der Waals surface area contributed by atoms with Crippen LogP contribution in [0.25, 0.3) is 0 Å². The van der Waals surface area contributed by atoms with Crippen LogP contribution >= 0.6 is 35.3 Å². The Balaban J connectivity index is 0.00000261. The minimum absolute atomic E-state index is 0. The van der Waals surface area contributed by atoms with E-state index in [0.717, 1.165) is 29.8 Å². The summed E-state index contributed by atoms with van der Waals surface area (Å²) in [5, 5.41) is 3.37. The highest BCUT2D eigenvalue weighted by molar-refractivity contribution is 14.0. The van der Waals surface area contributed by atoms with Crippen LogP contribution in [0.1, 0.15) is 24.6 Å². The van der Waals surface area contributed by atoms with Crippen molar-refractivity contribution in [3.05, 3.63) is 17.0 Å². The van der Waals surface area contributed by atoms with Gasteiger partial charge in [-0.2, -0.15) is 4.31 Å². The first-order valence-corrected chi connectivity index (χ1v) is 11.4. The van der Waals surface area contributed by atoms with Crippen molar-refractivity contribution in [2.24, 2.45) is 10.9 Å². The van der Waals surface area contributed by atoms with Crippen LogP contribution in [-0.4, -0.2) is 70.0 Å². The molecule has 0 atom stereocenters. The van der Waals surface area contributed by atoms with Crippen LogP contribution in [-0.2, 0) is 21.3 Å². The van der Waals surface area contributed by atoms with Crippen LogP contribution in [0.5, 0.6) is 0 Å². The van der Waals surface area contributed by atoms with E-state index in [1.54, 1.807) is 13.1 Å². The number of halogens is 1. The maximum atomic E-state index is 12.7. The standard InChI is InChI=1S/C17H28N4O3S2.HI/c1-14-5-7-20(8-6-14)17(18-2)19-13-15-3-4-16(25-15)26(22,23)21-9-11-24-12-10-21;/h3-4,14H,5-13H2,1-2H3,(H,18,19);1H. The zero-order chi connectivity index (χ0) is 18.6. The van der Waals surface area contributed by atoms with E-state index in [9.17, 15) is 8.42 Å². The number of hydrogen-bond donors (Lipinski definition) is 1. The number of likely N-dealkylation sites (tertiary alicyclic amines) is 1. The number of hydrogen-bond acceptors (Lipinski definition) is 5. The SMILES string of the molecule is CN=C(NCc1ccc(S(=O)(=O)N2CCOCC2)s1)N1CCC(C)CC1.I. The number of ether oxygens (including phenoxy) is 1. The number of sulfonamides is 1. The highest BCUT2D eigenvalue weighted by Crippen LogP contribution is 2.25. The fraction of sp³-hybridized carbons (Fsp3) is 0.706. The third-order valence-corrected chi connectivity index (χ3v) is 8.37. The van der Waals surface area contributed by atoms with E-state index in [1.807, 2.05) is 6.07 Å². The Kier molecular flexibility index (Phi) is 8.78. The van der Waals surface area contributed by atoms with Gasteiger partial charge in [0.2, 0.25) is 0 Å². The molecular formula is C17H29IN4O3S2. The van der Waals surface area contributed by atoms with Gasteiger partial charge in [-0.3, -0.25) is 4.99 Å². The summed E-state index contributed by atoms with van der Waals surface area (Å²) in [6.07, 6.45) is 2.36. The molecule has 3 rings (SSSR count). The number of nitrogens with zero attached hydrogens (tertiary/aromatic N) is 3. The predicted molar refractivity (Wildman–Crippen MR) is 119 cm³/mol. The van der Waals surface area contributed by atoms with Gasteiger partial charge in [-0.15, -0.1) is 35.3 Å². The van der Waals surface area contributed by atoms with Crippen molar-refractivity contribution in [2.45, 2.75) is 30.5 Å². The molecule has 1 aromatic heterocycles. The number of guanidine groups is 1. The first-order valence-electron chi connectivity index (χ1n) is 9.13. The average molecular weight is 528 g/mol. The fourth-order valence-corrected chi connectivity index (χ4v) is 6.08. The van der Waals surface area contributed by atoms with Crippen molar-refractivity contribution in [3.8, 4) is 0 Å². The molecule has 0 aromatic carbocycles. The summed E-state index contributed by atoms with van der Waals surface area (Å²) in [4.78, 5) is 7.64. The van der Waals surface area contributed by atoms with Gasteiger partial charge in [0.1, 0.15) is 4.21 Å². The molecule has 1 aromatic rings. The Bertz CT molecular complexity index is 724. The number of aliphatic imine (C=N–C) groups is 1. The topological polar surface area (TPSA) is 74.2 Å². The van der Waals surface area contributed by atoms with E-state index >= 15 is 0 Å². The molecule has 2 fully saturated rings. The molecule has 154 valence electrons. The summed E-state index contributed by atoms with van der Waals surface area (Å²) in [5.41, 5.74) is 0. The molecule has 3 heterocycles. The molecule has 10 heteroatoms. The molecule has 0 aliphatic carbocycles. The molecule has 0 spiro atoms. The molecule has 2 saturated heterocycles. The van der Waals surface area contributed by atoms with Crippen LogP contribution in [0.3, 0.4) is 0 Å². The minimum atomic E-state index is -3.41. The molecule has 0 saturated carbocycles. The molecule has 0 bridgehead atoms. The van der Waals surface area contributed by atoms with Crippen molar-refractivity contribution >= 4 is 51.3 Å². The van der Waals surface area contributed by atoms with Gasteiger partial charge in [-0.1, -0.05) is 6.92 Å². The Morgan fingerprint density at radius 3 is 2.56 bits per heavy atom. The molecular weight excluding hydrogens is 499 g/mol. The first kappa shape index (κ1) is 22.9. The third-order valence-electron chi connectivity index (χ3n) is 4.92. The maximum absolute atomic E-state index is 12.7. The fourth-order valence-electron chi connectivity index (χ4n) is 3.22. The normalized spacial score (nSPS) is 20.4. The number of morpholine rings is 1. The smallest absolute Gasteiger partial charge is 0.252 e. The molecule has 1 N–H and O–H groups in total. The Morgan fingerprint density at radius 1 is 1.26 bits per heavy atom. The number of nitrogens with one attached hydrogen (secondary N) is 1. The quantitative estimate of drug-likeness (QED) is 0.369. The van der Waals surface area contributed by atoms with Crippen LogP contribution in [0.2, 0.25) is 0 Å². The van der Waals surface area contributed by atoms with Gasteiger partial charge in [-0.25, -0.2) is 8.42 Å². The number of piperidine rings is 1. The van der Waals surface area contributed by atoms with Crippen LogP contribution in [0.15, 0.2) is 21.3 Å². The summed E-state index contributed by atoms with van der Waals surface area (Å²) < 4.78 is 32.6. The third kappa shape index (κ3) is 5.78. The minimum Gasteiger partial charge on any atom is -0.379 e. The Morgan fingerprint density at radius 2 is 1.93 bits per heavy atom. The van der Waals surface area contributed by atoms with E-state index in [2.05, 4.69) is 22.1 Å². The summed E-state index contributed by atoms with van der Waals surface area (Å²) in [7, 11) is -1.61. The molecule has 0 radical (unpaired) electrons. The lowest BCUT2D eigenvalue weighted by Gasteiger charge is -2.32. The lowest BCUT2D eigenvalue weighted by molar-refractivity contribution is 0.0731. The average Bonchev–Trinajstić information content (AvgIpc) is 3.14. The summed E-state index contributed by atoms with van der Waals surface area (Å²) in [6.45, 7) is 6.68. The predicted octanol–water partition coefficient (Wildman–Crippen LogP) is 2.19. The summed E-state index contributed by atoms with van der Waals surface area (Å²) in [5.74, 6) is 1.66. The van der Waals surface area contributed by atoms with Crippen molar-refractivity contribution in [1.29, 1.82) is 0 Å². The van der Waals surface area contributed by atoms with Gasteiger partial charge in [0.25, 0.3) is 10.0 Å². The van der Waals surface area contributed by atoms with E-state index in [-0.39, 0.29) is 24.0 Å². The molecule has 0 unspecified atom stereocenters. The van der Waals surface area contributed by atoms with Crippen molar-refractivity contribution < 1.29 is 13.2 Å². The van der Waals surface area contributed by atoms with Crippen LogP contribution in [0.4, 0.5) is 0 Å². The largest absolute Gasteiger partial charge is 0.379 e. The van der Waals surface area contributed by atoms with Crippen molar-refractivity contribution in [1.82, 2.24) is 14.5 Å². The molecule has 0 amide bonds. The van der Waals surface area contributed by atoms with Crippen LogP contribution < -0.4 is 5.32 Å². The molecule has 2 aliphatic rings. The second-order valence-corrected chi connectivity index (χ2v) is 10.1. The van der Waals surface area contributed by atoms with Gasteiger partial charge in [0.05, 0.1) is 19.8 Å². The molecule has 2 aliphatic heterocycles. The highest BCUT2D eigenvalue weighted by atomic mass is 127. The zero-order valence-electron chi connectivity index (χ0n) is 15.9. The highest BCUT2D eigenvalue weighted by Gasteiger charge is 2.27. The molecule has 27 heavy (non-hydrogen) atoms. The summed E-state index contributed by atoms with van der Waals surface area (Å²) >= 11 is 1.33. The Labute approximate surface area is 183 Å². The number of rotatable bonds is 4. The maximum Gasteiger partial charge on any atom is 0.252 e. The first-order chi connectivity index (χ1) is 12.5. The van der Waals surface area contributed by atoms with Gasteiger partial charge < -0.3 is 15.0 Å².